The molecular formula is C12H28N2. The first-order chi connectivity index (χ1) is 6.40. The summed E-state index contributed by atoms with van der Waals surface area (Å²) in [5.41, 5.74) is 0.198. The molecule has 2 nitrogen and oxygen atoms in total. The van der Waals surface area contributed by atoms with Gasteiger partial charge in [0.25, 0.3) is 0 Å². The zero-order valence-corrected chi connectivity index (χ0v) is 11.0. The Morgan fingerprint density at radius 2 is 1.79 bits per heavy atom. The average molecular weight is 200 g/mol. The number of nitrogens with one attached hydrogen (secondary N) is 1. The van der Waals surface area contributed by atoms with E-state index in [2.05, 4.69) is 58.9 Å². The molecule has 0 aromatic heterocycles. The van der Waals surface area contributed by atoms with Crippen molar-refractivity contribution in [3.63, 3.8) is 0 Å². The van der Waals surface area contributed by atoms with Crippen LogP contribution in [0, 0.1) is 5.92 Å². The van der Waals surface area contributed by atoms with Crippen LogP contribution in [0.4, 0.5) is 0 Å². The lowest BCUT2D eigenvalue weighted by Gasteiger charge is -2.43. The summed E-state index contributed by atoms with van der Waals surface area (Å²) in [7, 11) is 4.28. The van der Waals surface area contributed by atoms with E-state index in [1.807, 2.05) is 0 Å². The van der Waals surface area contributed by atoms with E-state index in [4.69, 9.17) is 0 Å². The van der Waals surface area contributed by atoms with E-state index in [1.165, 1.54) is 13.0 Å². The van der Waals surface area contributed by atoms with Gasteiger partial charge in [0, 0.05) is 11.6 Å². The maximum atomic E-state index is 3.48. The van der Waals surface area contributed by atoms with Gasteiger partial charge in [0.1, 0.15) is 0 Å². The van der Waals surface area contributed by atoms with Crippen molar-refractivity contribution in [1.82, 2.24) is 10.2 Å². The van der Waals surface area contributed by atoms with Crippen LogP contribution in [0.15, 0.2) is 0 Å². The van der Waals surface area contributed by atoms with Gasteiger partial charge in [-0.15, -0.1) is 0 Å². The number of likely N-dealkylation sites (N-methyl/N-ethyl adjacent to an activating group) is 2. The van der Waals surface area contributed by atoms with Gasteiger partial charge in [0.05, 0.1) is 0 Å². The highest BCUT2D eigenvalue weighted by molar-refractivity contribution is 4.94. The van der Waals surface area contributed by atoms with Crippen LogP contribution in [0.5, 0.6) is 0 Å². The lowest BCUT2D eigenvalue weighted by molar-refractivity contribution is 0.112. The molecule has 0 amide bonds. The van der Waals surface area contributed by atoms with Crippen molar-refractivity contribution >= 4 is 0 Å². The van der Waals surface area contributed by atoms with E-state index in [9.17, 15) is 0 Å². The summed E-state index contributed by atoms with van der Waals surface area (Å²) in [5.74, 6) is 0.641. The van der Waals surface area contributed by atoms with Crippen LogP contribution >= 0.6 is 0 Å². The molecule has 0 radical (unpaired) electrons. The molecule has 86 valence electrons. The molecule has 0 spiro atoms. The van der Waals surface area contributed by atoms with Crippen molar-refractivity contribution in [2.24, 2.45) is 5.92 Å². The van der Waals surface area contributed by atoms with Gasteiger partial charge >= 0.3 is 0 Å². The van der Waals surface area contributed by atoms with Crippen molar-refractivity contribution in [2.45, 2.75) is 52.6 Å². The van der Waals surface area contributed by atoms with Gasteiger partial charge in [-0.1, -0.05) is 20.8 Å². The Kier molecular flexibility index (Phi) is 5.68. The zero-order chi connectivity index (χ0) is 11.4. The summed E-state index contributed by atoms with van der Waals surface area (Å²) in [6, 6.07) is 0.562. The molecular weight excluding hydrogens is 172 g/mol. The summed E-state index contributed by atoms with van der Waals surface area (Å²) in [6.45, 7) is 12.6. The standard InChI is InChI=1S/C12H28N2/c1-8-9-14(7)11(4)12(5,13-6)10(2)3/h10-11,13H,8-9H2,1-7H3/t11-,12?/m0/s1. The van der Waals surface area contributed by atoms with Crippen molar-refractivity contribution in [3.05, 3.63) is 0 Å². The van der Waals surface area contributed by atoms with E-state index < -0.39 is 0 Å². The lowest BCUT2D eigenvalue weighted by Crippen LogP contribution is -2.58. The molecule has 0 aromatic rings. The molecule has 2 heteroatoms. The molecule has 1 unspecified atom stereocenters. The van der Waals surface area contributed by atoms with Crippen LogP contribution in [0.1, 0.15) is 41.0 Å². The maximum Gasteiger partial charge on any atom is 0.0326 e. The molecule has 0 aliphatic rings. The molecule has 0 aliphatic carbocycles. The van der Waals surface area contributed by atoms with E-state index in [0.717, 1.165) is 0 Å². The Balaban J connectivity index is 4.51. The van der Waals surface area contributed by atoms with Crippen LogP contribution < -0.4 is 5.32 Å². The molecule has 0 bridgehead atoms. The molecule has 2 atom stereocenters. The first-order valence-corrected chi connectivity index (χ1v) is 5.79. The van der Waals surface area contributed by atoms with Crippen molar-refractivity contribution < 1.29 is 0 Å². The Morgan fingerprint density at radius 1 is 1.29 bits per heavy atom. The Hall–Kier alpha value is -0.0800. The fraction of sp³-hybridized carbons (Fsp3) is 1.00. The topological polar surface area (TPSA) is 15.3 Å². The second kappa shape index (κ2) is 5.72. The molecule has 0 saturated carbocycles. The highest BCUT2D eigenvalue weighted by Crippen LogP contribution is 2.23. The maximum absolute atomic E-state index is 3.48. The third-order valence-corrected chi connectivity index (χ3v) is 3.84. The smallest absolute Gasteiger partial charge is 0.0326 e. The zero-order valence-electron chi connectivity index (χ0n) is 11.0. The molecule has 0 aliphatic heterocycles. The SMILES string of the molecule is CCCN(C)[C@@H](C)C(C)(NC)C(C)C. The van der Waals surface area contributed by atoms with E-state index in [0.29, 0.717) is 12.0 Å². The molecule has 1 N–H and O–H groups in total. The number of hydrogen-bond acceptors (Lipinski definition) is 2. The van der Waals surface area contributed by atoms with Gasteiger partial charge < -0.3 is 10.2 Å². The second-order valence-electron chi connectivity index (χ2n) is 4.84. The minimum Gasteiger partial charge on any atom is -0.313 e. The quantitative estimate of drug-likeness (QED) is 0.708. The van der Waals surface area contributed by atoms with Gasteiger partial charge in [-0.25, -0.2) is 0 Å². The fourth-order valence-corrected chi connectivity index (χ4v) is 1.98. The van der Waals surface area contributed by atoms with Crippen LogP contribution in [0.25, 0.3) is 0 Å². The lowest BCUT2D eigenvalue weighted by atomic mass is 9.81. The summed E-state index contributed by atoms with van der Waals surface area (Å²) in [4.78, 5) is 2.44. The summed E-state index contributed by atoms with van der Waals surface area (Å²) in [6.07, 6.45) is 1.22. The van der Waals surface area contributed by atoms with E-state index in [1.54, 1.807) is 0 Å². The normalized spacial score (nSPS) is 18.6. The molecule has 0 rings (SSSR count). The Labute approximate surface area is 90.1 Å². The van der Waals surface area contributed by atoms with Crippen molar-refractivity contribution in [1.29, 1.82) is 0 Å². The monoisotopic (exact) mass is 200 g/mol. The van der Waals surface area contributed by atoms with Gasteiger partial charge in [0.2, 0.25) is 0 Å². The highest BCUT2D eigenvalue weighted by Gasteiger charge is 2.34. The highest BCUT2D eigenvalue weighted by atomic mass is 15.2. The fourth-order valence-electron chi connectivity index (χ4n) is 1.98. The van der Waals surface area contributed by atoms with Crippen LogP contribution in [0.3, 0.4) is 0 Å². The van der Waals surface area contributed by atoms with E-state index in [-0.39, 0.29) is 5.54 Å². The number of rotatable bonds is 6. The molecule has 14 heavy (non-hydrogen) atoms. The Bertz CT molecular complexity index is 156. The van der Waals surface area contributed by atoms with Gasteiger partial charge in [0.15, 0.2) is 0 Å². The van der Waals surface area contributed by atoms with Gasteiger partial charge in [-0.3, -0.25) is 0 Å². The van der Waals surface area contributed by atoms with Crippen molar-refractivity contribution in [3.8, 4) is 0 Å². The van der Waals surface area contributed by atoms with Gasteiger partial charge in [-0.05, 0) is 46.8 Å². The third-order valence-electron chi connectivity index (χ3n) is 3.84. The molecule has 0 aromatic carbocycles. The van der Waals surface area contributed by atoms with Gasteiger partial charge in [-0.2, -0.15) is 0 Å². The predicted molar refractivity (Wildman–Crippen MR) is 64.7 cm³/mol. The second-order valence-corrected chi connectivity index (χ2v) is 4.84. The molecule has 0 heterocycles. The first-order valence-electron chi connectivity index (χ1n) is 5.79. The van der Waals surface area contributed by atoms with E-state index >= 15 is 0 Å². The summed E-state index contributed by atoms with van der Waals surface area (Å²) < 4.78 is 0. The van der Waals surface area contributed by atoms with Crippen molar-refractivity contribution in [2.75, 3.05) is 20.6 Å². The minimum absolute atomic E-state index is 0.198. The van der Waals surface area contributed by atoms with Crippen LogP contribution in [-0.2, 0) is 0 Å². The first kappa shape index (κ1) is 13.9. The summed E-state index contributed by atoms with van der Waals surface area (Å²) >= 11 is 0. The molecule has 0 fully saturated rings. The predicted octanol–water partition coefficient (Wildman–Crippen LogP) is 2.35. The Morgan fingerprint density at radius 3 is 2.07 bits per heavy atom. The largest absolute Gasteiger partial charge is 0.313 e. The number of nitrogens with zero attached hydrogens (tertiary/aromatic N) is 1. The van der Waals surface area contributed by atoms with Crippen LogP contribution in [0.2, 0.25) is 0 Å². The average Bonchev–Trinajstić information content (AvgIpc) is 2.15. The minimum atomic E-state index is 0.198. The third kappa shape index (κ3) is 2.96. The van der Waals surface area contributed by atoms with Crippen LogP contribution in [-0.4, -0.2) is 37.1 Å². The molecule has 0 saturated heterocycles. The summed E-state index contributed by atoms with van der Waals surface area (Å²) in [5, 5.41) is 3.48. The number of hydrogen-bond donors (Lipinski definition) is 1.